The molecule has 0 spiro atoms. The predicted octanol–water partition coefficient (Wildman–Crippen LogP) is 1.83. The van der Waals surface area contributed by atoms with Crippen molar-refractivity contribution in [2.24, 2.45) is 0 Å². The molecule has 5 heteroatoms. The highest BCUT2D eigenvalue weighted by Crippen LogP contribution is 2.42. The van der Waals surface area contributed by atoms with Gasteiger partial charge < -0.3 is 5.73 Å². The van der Waals surface area contributed by atoms with Gasteiger partial charge in [-0.3, -0.25) is 0 Å². The molecular formula is C12H15N5. The molecule has 5 nitrogen and oxygen atoms in total. The van der Waals surface area contributed by atoms with Crippen LogP contribution in [-0.4, -0.2) is 20.6 Å². The SMILES string of the molecule is Nc1ccc([C@@H]2CC[C@@H](c3nn[nH]n3)C2)cc1. The zero-order valence-electron chi connectivity index (χ0n) is 9.50. The van der Waals surface area contributed by atoms with E-state index in [1.165, 1.54) is 12.0 Å². The van der Waals surface area contributed by atoms with Gasteiger partial charge in [0.2, 0.25) is 0 Å². The number of benzene rings is 1. The molecule has 1 aliphatic carbocycles. The summed E-state index contributed by atoms with van der Waals surface area (Å²) >= 11 is 0. The van der Waals surface area contributed by atoms with Gasteiger partial charge in [0.15, 0.2) is 5.82 Å². The Balaban J connectivity index is 1.74. The summed E-state index contributed by atoms with van der Waals surface area (Å²) in [7, 11) is 0. The first-order chi connectivity index (χ1) is 8.33. The van der Waals surface area contributed by atoms with E-state index in [4.69, 9.17) is 5.73 Å². The number of nitrogens with two attached hydrogens (primary N) is 1. The van der Waals surface area contributed by atoms with Crippen LogP contribution in [0.25, 0.3) is 0 Å². The average Bonchev–Trinajstić information content (AvgIpc) is 3.00. The lowest BCUT2D eigenvalue weighted by atomic mass is 9.96. The maximum atomic E-state index is 5.70. The van der Waals surface area contributed by atoms with Gasteiger partial charge in [0.05, 0.1) is 0 Å². The van der Waals surface area contributed by atoms with Crippen LogP contribution in [0, 0.1) is 0 Å². The standard InChI is InChI=1S/C12H15N5/c13-11-5-3-8(4-6-11)9-1-2-10(7-9)12-14-16-17-15-12/h3-6,9-10H,1-2,7,13H2,(H,14,15,16,17)/t9-,10-/m1/s1. The summed E-state index contributed by atoms with van der Waals surface area (Å²) in [6.45, 7) is 0. The minimum atomic E-state index is 0.441. The molecule has 0 radical (unpaired) electrons. The van der Waals surface area contributed by atoms with E-state index in [-0.39, 0.29) is 0 Å². The summed E-state index contributed by atoms with van der Waals surface area (Å²) in [5.74, 6) is 1.89. The normalized spacial score (nSPS) is 24.0. The molecule has 0 bridgehead atoms. The zero-order chi connectivity index (χ0) is 11.7. The van der Waals surface area contributed by atoms with Crippen molar-refractivity contribution in [3.05, 3.63) is 35.7 Å². The summed E-state index contributed by atoms with van der Waals surface area (Å²) in [5.41, 5.74) is 7.88. The summed E-state index contributed by atoms with van der Waals surface area (Å²) in [6, 6.07) is 8.19. The van der Waals surface area contributed by atoms with Crippen molar-refractivity contribution < 1.29 is 0 Å². The number of anilines is 1. The van der Waals surface area contributed by atoms with Crippen LogP contribution in [0.5, 0.6) is 0 Å². The van der Waals surface area contributed by atoms with Gasteiger partial charge in [-0.05, 0) is 42.9 Å². The quantitative estimate of drug-likeness (QED) is 0.770. The molecule has 0 aliphatic heterocycles. The van der Waals surface area contributed by atoms with E-state index in [9.17, 15) is 0 Å². The highest BCUT2D eigenvalue weighted by Gasteiger charge is 2.29. The number of aromatic nitrogens is 4. The van der Waals surface area contributed by atoms with E-state index < -0.39 is 0 Å². The monoisotopic (exact) mass is 229 g/mol. The molecule has 0 amide bonds. The Kier molecular flexibility index (Phi) is 2.51. The van der Waals surface area contributed by atoms with Crippen molar-refractivity contribution >= 4 is 5.69 Å². The Morgan fingerprint density at radius 2 is 1.88 bits per heavy atom. The Bertz CT molecular complexity index is 476. The molecule has 2 atom stereocenters. The Labute approximate surface area is 99.4 Å². The van der Waals surface area contributed by atoms with Crippen LogP contribution >= 0.6 is 0 Å². The lowest BCUT2D eigenvalue weighted by molar-refractivity contribution is 0.649. The fourth-order valence-electron chi connectivity index (χ4n) is 2.63. The number of H-pyrrole nitrogens is 1. The molecule has 88 valence electrons. The van der Waals surface area contributed by atoms with Crippen LogP contribution in [0.15, 0.2) is 24.3 Å². The molecule has 3 N–H and O–H groups in total. The first-order valence-electron chi connectivity index (χ1n) is 5.91. The van der Waals surface area contributed by atoms with Crippen LogP contribution in [-0.2, 0) is 0 Å². The second-order valence-electron chi connectivity index (χ2n) is 4.64. The van der Waals surface area contributed by atoms with Gasteiger partial charge in [-0.25, -0.2) is 0 Å². The molecule has 0 unspecified atom stereocenters. The number of nitrogens with zero attached hydrogens (tertiary/aromatic N) is 3. The van der Waals surface area contributed by atoms with Crippen molar-refractivity contribution in [3.63, 3.8) is 0 Å². The lowest BCUT2D eigenvalue weighted by Crippen LogP contribution is -1.98. The van der Waals surface area contributed by atoms with Crippen LogP contribution in [0.2, 0.25) is 0 Å². The van der Waals surface area contributed by atoms with Crippen molar-refractivity contribution in [3.8, 4) is 0 Å². The summed E-state index contributed by atoms with van der Waals surface area (Å²) < 4.78 is 0. The molecule has 1 fully saturated rings. The summed E-state index contributed by atoms with van der Waals surface area (Å²) in [5, 5.41) is 14.3. The highest BCUT2D eigenvalue weighted by atomic mass is 15.5. The lowest BCUT2D eigenvalue weighted by Gasteiger charge is -2.10. The molecule has 1 aromatic heterocycles. The van der Waals surface area contributed by atoms with E-state index >= 15 is 0 Å². The highest BCUT2D eigenvalue weighted by molar-refractivity contribution is 5.40. The number of nitrogen functional groups attached to an aromatic ring is 1. The van der Waals surface area contributed by atoms with Crippen molar-refractivity contribution in [2.45, 2.75) is 31.1 Å². The first kappa shape index (κ1) is 10.3. The van der Waals surface area contributed by atoms with Gasteiger partial charge in [0.25, 0.3) is 0 Å². The molecule has 1 heterocycles. The van der Waals surface area contributed by atoms with Gasteiger partial charge in [-0.2, -0.15) is 5.21 Å². The van der Waals surface area contributed by atoms with E-state index in [0.29, 0.717) is 11.8 Å². The van der Waals surface area contributed by atoms with Gasteiger partial charge in [-0.1, -0.05) is 17.3 Å². The maximum Gasteiger partial charge on any atom is 0.177 e. The van der Waals surface area contributed by atoms with E-state index in [0.717, 1.165) is 24.4 Å². The van der Waals surface area contributed by atoms with E-state index in [2.05, 4.69) is 32.8 Å². The van der Waals surface area contributed by atoms with Crippen LogP contribution in [0.4, 0.5) is 5.69 Å². The Morgan fingerprint density at radius 1 is 1.12 bits per heavy atom. The number of rotatable bonds is 2. The van der Waals surface area contributed by atoms with Crippen LogP contribution < -0.4 is 5.73 Å². The smallest absolute Gasteiger partial charge is 0.177 e. The van der Waals surface area contributed by atoms with Crippen molar-refractivity contribution in [2.75, 3.05) is 5.73 Å². The van der Waals surface area contributed by atoms with Crippen molar-refractivity contribution in [1.29, 1.82) is 0 Å². The number of hydrogen-bond acceptors (Lipinski definition) is 4. The predicted molar refractivity (Wildman–Crippen MR) is 64.4 cm³/mol. The molecule has 1 aliphatic rings. The number of aromatic amines is 1. The van der Waals surface area contributed by atoms with Gasteiger partial charge in [-0.15, -0.1) is 10.2 Å². The fraction of sp³-hybridized carbons (Fsp3) is 0.417. The van der Waals surface area contributed by atoms with E-state index in [1.807, 2.05) is 12.1 Å². The fourth-order valence-corrected chi connectivity index (χ4v) is 2.63. The Morgan fingerprint density at radius 3 is 2.59 bits per heavy atom. The topological polar surface area (TPSA) is 80.5 Å². The van der Waals surface area contributed by atoms with Gasteiger partial charge in [0, 0.05) is 11.6 Å². The molecule has 3 rings (SSSR count). The number of hydrogen-bond donors (Lipinski definition) is 2. The first-order valence-corrected chi connectivity index (χ1v) is 5.91. The van der Waals surface area contributed by atoms with Gasteiger partial charge in [0.1, 0.15) is 0 Å². The zero-order valence-corrected chi connectivity index (χ0v) is 9.50. The second-order valence-corrected chi connectivity index (χ2v) is 4.64. The number of tetrazole rings is 1. The minimum absolute atomic E-state index is 0.441. The third kappa shape index (κ3) is 2.00. The Hall–Kier alpha value is -1.91. The third-order valence-electron chi connectivity index (χ3n) is 3.57. The minimum Gasteiger partial charge on any atom is -0.399 e. The summed E-state index contributed by atoms with van der Waals surface area (Å²) in [4.78, 5) is 0. The molecular weight excluding hydrogens is 214 g/mol. The van der Waals surface area contributed by atoms with Crippen LogP contribution in [0.3, 0.4) is 0 Å². The molecule has 17 heavy (non-hydrogen) atoms. The largest absolute Gasteiger partial charge is 0.399 e. The molecule has 2 aromatic rings. The van der Waals surface area contributed by atoms with E-state index in [1.54, 1.807) is 0 Å². The third-order valence-corrected chi connectivity index (χ3v) is 3.57. The summed E-state index contributed by atoms with van der Waals surface area (Å²) in [6.07, 6.45) is 3.42. The average molecular weight is 229 g/mol. The second kappa shape index (κ2) is 4.16. The molecule has 0 saturated heterocycles. The van der Waals surface area contributed by atoms with Gasteiger partial charge >= 0.3 is 0 Å². The molecule has 1 aromatic carbocycles. The van der Waals surface area contributed by atoms with Crippen molar-refractivity contribution in [1.82, 2.24) is 20.6 Å². The van der Waals surface area contributed by atoms with Crippen LogP contribution in [0.1, 0.15) is 42.5 Å². The maximum absolute atomic E-state index is 5.70. The number of nitrogens with one attached hydrogen (secondary N) is 1. The molecule has 1 saturated carbocycles.